The average Bonchev–Trinajstić information content (AvgIpc) is 2.43. The molecule has 0 fully saturated rings. The summed E-state index contributed by atoms with van der Waals surface area (Å²) in [6, 6.07) is 8.70. The van der Waals surface area contributed by atoms with Gasteiger partial charge in [0.2, 0.25) is 0 Å². The van der Waals surface area contributed by atoms with E-state index in [1.165, 1.54) is 0 Å². The Kier molecular flexibility index (Phi) is 3.82. The third kappa shape index (κ3) is 2.67. The smallest absolute Gasteiger partial charge is 0.262 e. The first kappa shape index (κ1) is 15.2. The van der Waals surface area contributed by atoms with E-state index in [1.54, 1.807) is 45.0 Å². The molecule has 0 spiro atoms. The molecule has 0 saturated heterocycles. The molecule has 2 rings (SSSR count). The predicted molar refractivity (Wildman–Crippen MR) is 86.7 cm³/mol. The van der Waals surface area contributed by atoms with Crippen LogP contribution in [0, 0.1) is 20.8 Å². The van der Waals surface area contributed by atoms with Crippen LogP contribution in [0.25, 0.3) is 0 Å². The number of nitrogens with one attached hydrogen (secondary N) is 1. The van der Waals surface area contributed by atoms with Crippen LogP contribution in [0.3, 0.4) is 0 Å². The fourth-order valence-electron chi connectivity index (χ4n) is 2.35. The summed E-state index contributed by atoms with van der Waals surface area (Å²) in [5, 5.41) is 0. The van der Waals surface area contributed by atoms with Gasteiger partial charge in [0.1, 0.15) is 0 Å². The van der Waals surface area contributed by atoms with Gasteiger partial charge in [0, 0.05) is 17.1 Å². The van der Waals surface area contributed by atoms with Crippen molar-refractivity contribution < 1.29 is 8.42 Å². The molecule has 0 aliphatic carbocycles. The van der Waals surface area contributed by atoms with Crippen LogP contribution in [0.1, 0.15) is 16.7 Å². The van der Waals surface area contributed by atoms with Gasteiger partial charge in [0.05, 0.1) is 4.90 Å². The molecule has 0 radical (unpaired) electrons. The molecule has 0 saturated carbocycles. The van der Waals surface area contributed by atoms with E-state index in [0.717, 1.165) is 0 Å². The van der Waals surface area contributed by atoms with Crippen LogP contribution < -0.4 is 16.2 Å². The summed E-state index contributed by atoms with van der Waals surface area (Å²) in [7, 11) is -3.75. The quantitative estimate of drug-likeness (QED) is 0.759. The highest BCUT2D eigenvalue weighted by Crippen LogP contribution is 2.34. The number of para-hydroxylation sites is 1. The minimum absolute atomic E-state index is 0.145. The van der Waals surface area contributed by atoms with Gasteiger partial charge in [0.25, 0.3) is 10.0 Å². The SMILES string of the molecule is Cc1c(N)c(C)c(S(=O)(=O)Nc2ccccc2)c(C)c1N. The van der Waals surface area contributed by atoms with Crippen molar-refractivity contribution in [3.63, 3.8) is 0 Å². The molecule has 112 valence electrons. The normalized spacial score (nSPS) is 11.4. The van der Waals surface area contributed by atoms with Crippen LogP contribution in [0.15, 0.2) is 35.2 Å². The van der Waals surface area contributed by atoms with E-state index in [2.05, 4.69) is 4.72 Å². The van der Waals surface area contributed by atoms with E-state index in [9.17, 15) is 8.42 Å². The van der Waals surface area contributed by atoms with E-state index in [0.29, 0.717) is 33.8 Å². The Balaban J connectivity index is 2.61. The molecule has 21 heavy (non-hydrogen) atoms. The first-order valence-electron chi connectivity index (χ1n) is 6.48. The van der Waals surface area contributed by atoms with Gasteiger partial charge in [-0.2, -0.15) is 0 Å². The van der Waals surface area contributed by atoms with Crippen molar-refractivity contribution in [2.24, 2.45) is 0 Å². The molecule has 6 heteroatoms. The van der Waals surface area contributed by atoms with Gasteiger partial charge < -0.3 is 11.5 Å². The Morgan fingerprint density at radius 1 is 0.857 bits per heavy atom. The van der Waals surface area contributed by atoms with Gasteiger partial charge in [-0.25, -0.2) is 8.42 Å². The summed E-state index contributed by atoms with van der Waals surface area (Å²) in [4.78, 5) is 0.145. The number of hydrogen-bond acceptors (Lipinski definition) is 4. The summed E-state index contributed by atoms with van der Waals surface area (Å²) in [5.74, 6) is 0. The van der Waals surface area contributed by atoms with Gasteiger partial charge in [-0.3, -0.25) is 4.72 Å². The van der Waals surface area contributed by atoms with Crippen LogP contribution in [0.4, 0.5) is 17.1 Å². The largest absolute Gasteiger partial charge is 0.398 e. The molecule has 0 atom stereocenters. The molecule has 0 bridgehead atoms. The Morgan fingerprint density at radius 3 is 1.81 bits per heavy atom. The first-order chi connectivity index (χ1) is 9.75. The number of rotatable bonds is 3. The number of sulfonamides is 1. The number of nitrogens with two attached hydrogens (primary N) is 2. The van der Waals surface area contributed by atoms with Gasteiger partial charge in [0.15, 0.2) is 0 Å². The Morgan fingerprint density at radius 2 is 1.33 bits per heavy atom. The number of anilines is 3. The molecule has 0 aromatic heterocycles. The van der Waals surface area contributed by atoms with Gasteiger partial charge in [-0.1, -0.05) is 18.2 Å². The Hall–Kier alpha value is -2.21. The maximum absolute atomic E-state index is 12.6. The zero-order valence-electron chi connectivity index (χ0n) is 12.3. The Bertz CT molecular complexity index is 755. The van der Waals surface area contributed by atoms with Crippen molar-refractivity contribution in [3.05, 3.63) is 47.0 Å². The van der Waals surface area contributed by atoms with Crippen molar-refractivity contribution in [1.82, 2.24) is 0 Å². The van der Waals surface area contributed by atoms with Crippen molar-refractivity contribution in [1.29, 1.82) is 0 Å². The molecule has 5 nitrogen and oxygen atoms in total. The summed E-state index contributed by atoms with van der Waals surface area (Å²) in [5.41, 5.74) is 15.0. The summed E-state index contributed by atoms with van der Waals surface area (Å²) in [6.07, 6.45) is 0. The fourth-order valence-corrected chi connectivity index (χ4v) is 3.92. The molecular weight excluding hydrogens is 286 g/mol. The van der Waals surface area contributed by atoms with Crippen LogP contribution in [0.2, 0.25) is 0 Å². The van der Waals surface area contributed by atoms with Crippen LogP contribution >= 0.6 is 0 Å². The fraction of sp³-hybridized carbons (Fsp3) is 0.200. The molecule has 0 aliphatic heterocycles. The van der Waals surface area contributed by atoms with E-state index in [-0.39, 0.29) is 4.90 Å². The molecule has 5 N–H and O–H groups in total. The van der Waals surface area contributed by atoms with Crippen molar-refractivity contribution in [2.75, 3.05) is 16.2 Å². The Labute approximate surface area is 125 Å². The van der Waals surface area contributed by atoms with E-state index >= 15 is 0 Å². The molecular formula is C15H19N3O2S. The monoisotopic (exact) mass is 305 g/mol. The number of benzene rings is 2. The second kappa shape index (κ2) is 5.29. The molecule has 2 aromatic carbocycles. The third-order valence-corrected chi connectivity index (χ3v) is 5.25. The standard InChI is InChI=1S/C15H19N3O2S/c1-9-13(16)10(2)15(11(3)14(9)17)21(19,20)18-12-7-5-4-6-8-12/h4-8,18H,16-17H2,1-3H3. The lowest BCUT2D eigenvalue weighted by Gasteiger charge is -2.18. The molecule has 0 unspecified atom stereocenters. The van der Waals surface area contributed by atoms with Gasteiger partial charge >= 0.3 is 0 Å². The van der Waals surface area contributed by atoms with Crippen LogP contribution in [0.5, 0.6) is 0 Å². The number of hydrogen-bond donors (Lipinski definition) is 3. The average molecular weight is 305 g/mol. The van der Waals surface area contributed by atoms with Crippen molar-refractivity contribution in [2.45, 2.75) is 25.7 Å². The number of nitrogen functional groups attached to an aromatic ring is 2. The summed E-state index contributed by atoms with van der Waals surface area (Å²) >= 11 is 0. The maximum atomic E-state index is 12.6. The van der Waals surface area contributed by atoms with Crippen LogP contribution in [-0.4, -0.2) is 8.42 Å². The molecule has 0 aliphatic rings. The van der Waals surface area contributed by atoms with Gasteiger partial charge in [-0.05, 0) is 49.6 Å². The van der Waals surface area contributed by atoms with E-state index in [1.807, 2.05) is 6.07 Å². The molecule has 2 aromatic rings. The minimum Gasteiger partial charge on any atom is -0.398 e. The zero-order valence-corrected chi connectivity index (χ0v) is 13.1. The second-order valence-electron chi connectivity index (χ2n) is 5.00. The van der Waals surface area contributed by atoms with Gasteiger partial charge in [-0.15, -0.1) is 0 Å². The van der Waals surface area contributed by atoms with Crippen molar-refractivity contribution in [3.8, 4) is 0 Å². The van der Waals surface area contributed by atoms with Crippen molar-refractivity contribution >= 4 is 27.1 Å². The highest BCUT2D eigenvalue weighted by Gasteiger charge is 2.24. The summed E-state index contributed by atoms with van der Waals surface area (Å²) in [6.45, 7) is 5.16. The lowest BCUT2D eigenvalue weighted by molar-refractivity contribution is 0.600. The topological polar surface area (TPSA) is 98.2 Å². The highest BCUT2D eigenvalue weighted by atomic mass is 32.2. The second-order valence-corrected chi connectivity index (χ2v) is 6.62. The zero-order chi connectivity index (χ0) is 15.8. The van der Waals surface area contributed by atoms with E-state index < -0.39 is 10.0 Å². The highest BCUT2D eigenvalue weighted by molar-refractivity contribution is 7.92. The lowest BCUT2D eigenvalue weighted by atomic mass is 10.0. The lowest BCUT2D eigenvalue weighted by Crippen LogP contribution is -2.18. The van der Waals surface area contributed by atoms with Crippen LogP contribution in [-0.2, 0) is 10.0 Å². The summed E-state index contributed by atoms with van der Waals surface area (Å²) < 4.78 is 27.8. The predicted octanol–water partition coefficient (Wildman–Crippen LogP) is 2.58. The first-order valence-corrected chi connectivity index (χ1v) is 7.96. The third-order valence-electron chi connectivity index (χ3n) is 3.59. The molecule has 0 amide bonds. The molecule has 0 heterocycles. The van der Waals surface area contributed by atoms with E-state index in [4.69, 9.17) is 11.5 Å². The minimum atomic E-state index is -3.75. The maximum Gasteiger partial charge on any atom is 0.262 e.